The molecule has 3 nitrogen and oxygen atoms in total. The third-order valence-corrected chi connectivity index (χ3v) is 3.94. The summed E-state index contributed by atoms with van der Waals surface area (Å²) in [4.78, 5) is 2.59. The molecule has 2 unspecified atom stereocenters. The molecule has 0 radical (unpaired) electrons. The van der Waals surface area contributed by atoms with Crippen molar-refractivity contribution < 1.29 is 4.74 Å². The number of ether oxygens (including phenoxy) is 1. The summed E-state index contributed by atoms with van der Waals surface area (Å²) in [7, 11) is 1.84. The Balaban J connectivity index is 1.64. The zero-order valence-electron chi connectivity index (χ0n) is 10.7. The Morgan fingerprint density at radius 2 is 2.19 bits per heavy atom. The number of hydrogen-bond donors (Lipinski definition) is 1. The highest BCUT2D eigenvalue weighted by atomic mass is 16.5. The zero-order chi connectivity index (χ0) is 11.4. The van der Waals surface area contributed by atoms with Crippen molar-refractivity contribution in [2.75, 3.05) is 26.7 Å². The second-order valence-corrected chi connectivity index (χ2v) is 5.36. The molecule has 1 saturated heterocycles. The molecular formula is C13H26N2O. The number of nitrogens with zero attached hydrogens (tertiary/aromatic N) is 1. The van der Waals surface area contributed by atoms with E-state index in [-0.39, 0.29) is 0 Å². The average Bonchev–Trinajstić information content (AvgIpc) is 3.13. The molecule has 16 heavy (non-hydrogen) atoms. The predicted octanol–water partition coefficient (Wildman–Crippen LogP) is 1.63. The number of nitrogens with one attached hydrogen (secondary N) is 1. The third-order valence-electron chi connectivity index (χ3n) is 3.94. The minimum Gasteiger partial charge on any atom is -0.380 e. The minimum atomic E-state index is 0.465. The Morgan fingerprint density at radius 1 is 1.38 bits per heavy atom. The van der Waals surface area contributed by atoms with Gasteiger partial charge in [0, 0.05) is 25.7 Å². The number of methoxy groups -OCH3 is 1. The van der Waals surface area contributed by atoms with Crippen LogP contribution in [0.2, 0.25) is 0 Å². The monoisotopic (exact) mass is 226 g/mol. The van der Waals surface area contributed by atoms with Crippen LogP contribution in [0, 0.1) is 0 Å². The van der Waals surface area contributed by atoms with E-state index in [0.29, 0.717) is 12.1 Å². The van der Waals surface area contributed by atoms with Crippen molar-refractivity contribution in [2.45, 2.75) is 57.2 Å². The van der Waals surface area contributed by atoms with E-state index >= 15 is 0 Å². The molecule has 94 valence electrons. The van der Waals surface area contributed by atoms with Gasteiger partial charge in [-0.05, 0) is 52.1 Å². The van der Waals surface area contributed by atoms with Crippen molar-refractivity contribution in [1.82, 2.24) is 10.2 Å². The molecule has 0 aromatic rings. The van der Waals surface area contributed by atoms with Crippen LogP contribution in [0.1, 0.15) is 39.0 Å². The van der Waals surface area contributed by atoms with E-state index in [4.69, 9.17) is 4.74 Å². The van der Waals surface area contributed by atoms with Gasteiger partial charge in [-0.25, -0.2) is 0 Å². The molecule has 2 rings (SSSR count). The summed E-state index contributed by atoms with van der Waals surface area (Å²) >= 11 is 0. The molecule has 3 heteroatoms. The van der Waals surface area contributed by atoms with Crippen molar-refractivity contribution in [3.63, 3.8) is 0 Å². The molecule has 1 N–H and O–H groups in total. The highest BCUT2D eigenvalue weighted by Gasteiger charge is 2.24. The van der Waals surface area contributed by atoms with Gasteiger partial charge in [-0.3, -0.25) is 4.90 Å². The molecule has 2 atom stereocenters. The topological polar surface area (TPSA) is 24.5 Å². The normalized spacial score (nSPS) is 29.2. The van der Waals surface area contributed by atoms with Crippen LogP contribution in [0.4, 0.5) is 0 Å². The van der Waals surface area contributed by atoms with E-state index < -0.39 is 0 Å². The molecule has 0 aromatic carbocycles. The van der Waals surface area contributed by atoms with Crippen molar-refractivity contribution in [3.8, 4) is 0 Å². The molecule has 0 spiro atoms. The standard InChI is InChI=1S/C13H26N2O/c1-11(7-8-14-12-5-6-12)15-9-3-4-13(10-15)16-2/h11-14H,3-10H2,1-2H3. The van der Waals surface area contributed by atoms with Gasteiger partial charge < -0.3 is 10.1 Å². The van der Waals surface area contributed by atoms with Crippen LogP contribution >= 0.6 is 0 Å². The molecule has 1 aliphatic heterocycles. The highest BCUT2D eigenvalue weighted by Crippen LogP contribution is 2.19. The lowest BCUT2D eigenvalue weighted by molar-refractivity contribution is 0.0162. The van der Waals surface area contributed by atoms with Crippen LogP contribution in [-0.2, 0) is 4.74 Å². The van der Waals surface area contributed by atoms with Gasteiger partial charge >= 0.3 is 0 Å². The summed E-state index contributed by atoms with van der Waals surface area (Å²) in [5, 5.41) is 3.59. The summed E-state index contributed by atoms with van der Waals surface area (Å²) in [5.41, 5.74) is 0. The zero-order valence-corrected chi connectivity index (χ0v) is 10.7. The van der Waals surface area contributed by atoms with Crippen LogP contribution in [0.5, 0.6) is 0 Å². The van der Waals surface area contributed by atoms with Gasteiger partial charge in [0.05, 0.1) is 6.10 Å². The van der Waals surface area contributed by atoms with Crippen molar-refractivity contribution in [1.29, 1.82) is 0 Å². The molecular weight excluding hydrogens is 200 g/mol. The Kier molecular flexibility index (Phi) is 4.62. The summed E-state index contributed by atoms with van der Waals surface area (Å²) in [6.07, 6.45) is 7.05. The summed E-state index contributed by atoms with van der Waals surface area (Å²) < 4.78 is 5.47. The second-order valence-electron chi connectivity index (χ2n) is 5.36. The molecule has 2 fully saturated rings. The maximum Gasteiger partial charge on any atom is 0.0698 e. The van der Waals surface area contributed by atoms with Gasteiger partial charge in [-0.2, -0.15) is 0 Å². The summed E-state index contributed by atoms with van der Waals surface area (Å²) in [6, 6.07) is 1.55. The fourth-order valence-electron chi connectivity index (χ4n) is 2.53. The quantitative estimate of drug-likeness (QED) is 0.745. The Hall–Kier alpha value is -0.120. The average molecular weight is 226 g/mol. The fourth-order valence-corrected chi connectivity index (χ4v) is 2.53. The number of rotatable bonds is 6. The van der Waals surface area contributed by atoms with Gasteiger partial charge in [0.2, 0.25) is 0 Å². The molecule has 2 aliphatic rings. The van der Waals surface area contributed by atoms with E-state index in [2.05, 4.69) is 17.1 Å². The van der Waals surface area contributed by atoms with Crippen molar-refractivity contribution >= 4 is 0 Å². The molecule has 1 heterocycles. The van der Waals surface area contributed by atoms with Crippen LogP contribution in [0.15, 0.2) is 0 Å². The van der Waals surface area contributed by atoms with Crippen molar-refractivity contribution in [2.24, 2.45) is 0 Å². The highest BCUT2D eigenvalue weighted by molar-refractivity contribution is 4.82. The fraction of sp³-hybridized carbons (Fsp3) is 1.00. The van der Waals surface area contributed by atoms with E-state index in [1.54, 1.807) is 0 Å². The number of likely N-dealkylation sites (tertiary alicyclic amines) is 1. The van der Waals surface area contributed by atoms with Gasteiger partial charge in [0.1, 0.15) is 0 Å². The van der Waals surface area contributed by atoms with Gasteiger partial charge in [-0.15, -0.1) is 0 Å². The summed E-state index contributed by atoms with van der Waals surface area (Å²) in [5.74, 6) is 0. The first kappa shape index (κ1) is 12.3. The smallest absolute Gasteiger partial charge is 0.0698 e. The largest absolute Gasteiger partial charge is 0.380 e. The second kappa shape index (κ2) is 5.99. The van der Waals surface area contributed by atoms with Crippen molar-refractivity contribution in [3.05, 3.63) is 0 Å². The van der Waals surface area contributed by atoms with Crippen LogP contribution < -0.4 is 5.32 Å². The lowest BCUT2D eigenvalue weighted by Gasteiger charge is -2.36. The van der Waals surface area contributed by atoms with Gasteiger partial charge in [0.25, 0.3) is 0 Å². The Morgan fingerprint density at radius 3 is 2.88 bits per heavy atom. The first-order chi connectivity index (χ1) is 7.79. The molecule has 1 saturated carbocycles. The number of hydrogen-bond acceptors (Lipinski definition) is 3. The SMILES string of the molecule is COC1CCCN(C(C)CCNC2CC2)C1. The first-order valence-electron chi connectivity index (χ1n) is 6.80. The maximum atomic E-state index is 5.47. The van der Waals surface area contributed by atoms with Crippen LogP contribution in [-0.4, -0.2) is 49.8 Å². The van der Waals surface area contributed by atoms with Gasteiger partial charge in [-0.1, -0.05) is 0 Å². The predicted molar refractivity (Wildman–Crippen MR) is 66.7 cm³/mol. The van der Waals surface area contributed by atoms with Gasteiger partial charge in [0.15, 0.2) is 0 Å². The Bertz CT molecular complexity index is 206. The number of piperidine rings is 1. The van der Waals surface area contributed by atoms with E-state index in [1.807, 2.05) is 7.11 Å². The molecule has 1 aliphatic carbocycles. The summed E-state index contributed by atoms with van der Waals surface area (Å²) in [6.45, 7) is 5.91. The lowest BCUT2D eigenvalue weighted by Crippen LogP contribution is -2.45. The Labute approximate surface area is 99.5 Å². The first-order valence-corrected chi connectivity index (χ1v) is 6.80. The molecule has 0 aromatic heterocycles. The van der Waals surface area contributed by atoms with E-state index in [9.17, 15) is 0 Å². The van der Waals surface area contributed by atoms with Crippen LogP contribution in [0.3, 0.4) is 0 Å². The van der Waals surface area contributed by atoms with E-state index in [0.717, 1.165) is 12.6 Å². The molecule has 0 amide bonds. The molecule has 0 bridgehead atoms. The maximum absolute atomic E-state index is 5.47. The van der Waals surface area contributed by atoms with Crippen LogP contribution in [0.25, 0.3) is 0 Å². The minimum absolute atomic E-state index is 0.465. The third kappa shape index (κ3) is 3.72. The van der Waals surface area contributed by atoms with E-state index in [1.165, 1.54) is 45.2 Å². The lowest BCUT2D eigenvalue weighted by atomic mass is 10.0.